The van der Waals surface area contributed by atoms with E-state index in [9.17, 15) is 0 Å². The van der Waals surface area contributed by atoms with Gasteiger partial charge in [0.25, 0.3) is 0 Å². The van der Waals surface area contributed by atoms with E-state index in [2.05, 4.69) is 32.2 Å². The molecule has 0 aromatic carbocycles. The minimum Gasteiger partial charge on any atom is -0.369 e. The number of ether oxygens (including phenoxy) is 1. The summed E-state index contributed by atoms with van der Waals surface area (Å²) in [6.45, 7) is 7.67. The summed E-state index contributed by atoms with van der Waals surface area (Å²) in [7, 11) is 0. The van der Waals surface area contributed by atoms with E-state index in [0.717, 1.165) is 30.2 Å². The summed E-state index contributed by atoms with van der Waals surface area (Å²) in [6.07, 6.45) is 3.13. The lowest BCUT2D eigenvalue weighted by Gasteiger charge is -2.47. The monoisotopic (exact) mass is 299 g/mol. The van der Waals surface area contributed by atoms with E-state index in [4.69, 9.17) is 16.3 Å². The highest BCUT2D eigenvalue weighted by molar-refractivity contribution is 7.16. The van der Waals surface area contributed by atoms with Crippen molar-refractivity contribution in [3.05, 3.63) is 20.8 Å². The molecular formula is C15H22ClNOS. The first-order valence-corrected chi connectivity index (χ1v) is 8.38. The van der Waals surface area contributed by atoms with Crippen molar-refractivity contribution >= 4 is 22.9 Å². The third kappa shape index (κ3) is 2.46. The number of rotatable bonds is 1. The van der Waals surface area contributed by atoms with Crippen molar-refractivity contribution in [2.45, 2.75) is 57.7 Å². The first-order chi connectivity index (χ1) is 9.00. The highest BCUT2D eigenvalue weighted by Crippen LogP contribution is 2.48. The minimum absolute atomic E-state index is 0.0923. The number of thiophene rings is 1. The van der Waals surface area contributed by atoms with E-state index in [1.807, 2.05) is 0 Å². The topological polar surface area (TPSA) is 21.3 Å². The van der Waals surface area contributed by atoms with Gasteiger partial charge in [0.2, 0.25) is 0 Å². The predicted molar refractivity (Wildman–Crippen MR) is 81.1 cm³/mol. The maximum atomic E-state index is 6.31. The van der Waals surface area contributed by atoms with Crippen LogP contribution in [-0.4, -0.2) is 18.7 Å². The van der Waals surface area contributed by atoms with Gasteiger partial charge in [-0.1, -0.05) is 25.4 Å². The molecule has 1 aromatic heterocycles. The Morgan fingerprint density at radius 2 is 2.26 bits per heavy atom. The summed E-state index contributed by atoms with van der Waals surface area (Å²) in [4.78, 5) is 1.39. The first-order valence-electron chi connectivity index (χ1n) is 7.19. The third-order valence-corrected chi connectivity index (χ3v) is 5.92. The van der Waals surface area contributed by atoms with Gasteiger partial charge >= 0.3 is 0 Å². The Labute approximate surface area is 124 Å². The zero-order chi connectivity index (χ0) is 13.6. The molecule has 3 heterocycles. The number of hydrogen-bond donors (Lipinski definition) is 1. The van der Waals surface area contributed by atoms with Crippen LogP contribution in [0, 0.1) is 5.92 Å². The number of nitrogens with one attached hydrogen (secondary N) is 1. The highest BCUT2D eigenvalue weighted by atomic mass is 35.5. The average molecular weight is 300 g/mol. The fourth-order valence-electron chi connectivity index (χ4n) is 3.54. The van der Waals surface area contributed by atoms with E-state index >= 15 is 0 Å². The molecule has 1 saturated heterocycles. The largest absolute Gasteiger partial charge is 0.369 e. The third-order valence-electron chi connectivity index (χ3n) is 4.43. The molecular weight excluding hydrogens is 278 g/mol. The molecule has 2 nitrogen and oxygen atoms in total. The van der Waals surface area contributed by atoms with Gasteiger partial charge in [0.1, 0.15) is 5.60 Å². The lowest BCUT2D eigenvalue weighted by atomic mass is 9.77. The second kappa shape index (κ2) is 5.03. The molecule has 0 radical (unpaired) electrons. The molecule has 0 bridgehead atoms. The van der Waals surface area contributed by atoms with Crippen molar-refractivity contribution in [2.24, 2.45) is 5.92 Å². The number of fused-ring (bicyclic) bond motifs is 2. The van der Waals surface area contributed by atoms with Gasteiger partial charge in [-0.05, 0) is 43.7 Å². The molecule has 3 atom stereocenters. The second-order valence-corrected chi connectivity index (χ2v) is 8.01. The molecule has 0 saturated carbocycles. The molecule has 0 amide bonds. The van der Waals surface area contributed by atoms with Crippen molar-refractivity contribution in [1.82, 2.24) is 5.32 Å². The van der Waals surface area contributed by atoms with Gasteiger partial charge in [0.05, 0.1) is 10.9 Å². The number of hydrogen-bond acceptors (Lipinski definition) is 3. The van der Waals surface area contributed by atoms with Crippen molar-refractivity contribution in [3.63, 3.8) is 0 Å². The van der Waals surface area contributed by atoms with Gasteiger partial charge in [-0.2, -0.15) is 0 Å². The SMILES string of the molecule is CC1CC2(CC(C(C)C)N1)OCCc1cc(Cl)sc12. The van der Waals surface area contributed by atoms with Crippen molar-refractivity contribution in [1.29, 1.82) is 0 Å². The molecule has 0 aliphatic carbocycles. The Balaban J connectivity index is 1.98. The van der Waals surface area contributed by atoms with Crippen molar-refractivity contribution < 1.29 is 4.74 Å². The van der Waals surface area contributed by atoms with Crippen LogP contribution >= 0.6 is 22.9 Å². The van der Waals surface area contributed by atoms with Gasteiger partial charge in [-0.15, -0.1) is 11.3 Å². The van der Waals surface area contributed by atoms with Crippen molar-refractivity contribution in [2.75, 3.05) is 6.61 Å². The van der Waals surface area contributed by atoms with E-state index in [1.54, 1.807) is 11.3 Å². The molecule has 3 unspecified atom stereocenters. The Morgan fingerprint density at radius 1 is 1.47 bits per heavy atom. The van der Waals surface area contributed by atoms with E-state index in [0.29, 0.717) is 18.0 Å². The van der Waals surface area contributed by atoms with Gasteiger partial charge in [-0.25, -0.2) is 0 Å². The fraction of sp³-hybridized carbons (Fsp3) is 0.733. The number of halogens is 1. The molecule has 2 aliphatic rings. The Hall–Kier alpha value is -0.0900. The summed E-state index contributed by atoms with van der Waals surface area (Å²) >= 11 is 7.96. The van der Waals surface area contributed by atoms with Crippen LogP contribution in [0.5, 0.6) is 0 Å². The van der Waals surface area contributed by atoms with E-state index in [-0.39, 0.29) is 5.60 Å². The van der Waals surface area contributed by atoms with Crippen molar-refractivity contribution in [3.8, 4) is 0 Å². The summed E-state index contributed by atoms with van der Waals surface area (Å²) in [5, 5.41) is 3.72. The zero-order valence-corrected chi connectivity index (χ0v) is 13.4. The van der Waals surface area contributed by atoms with E-state index < -0.39 is 0 Å². The lowest BCUT2D eigenvalue weighted by Crippen LogP contribution is -2.54. The maximum Gasteiger partial charge on any atom is 0.106 e. The Morgan fingerprint density at radius 3 is 3.00 bits per heavy atom. The van der Waals surface area contributed by atoms with Crippen LogP contribution in [-0.2, 0) is 16.8 Å². The molecule has 2 aliphatic heterocycles. The second-order valence-electron chi connectivity index (χ2n) is 6.32. The van der Waals surface area contributed by atoms with Gasteiger partial charge in [-0.3, -0.25) is 0 Å². The standard InChI is InChI=1S/C15H22ClNOS/c1-9(2)12-8-15(7-10(3)17-12)14-11(4-5-18-15)6-13(16)19-14/h6,9-10,12,17H,4-5,7-8H2,1-3H3. The summed E-state index contributed by atoms with van der Waals surface area (Å²) in [5.41, 5.74) is 1.32. The summed E-state index contributed by atoms with van der Waals surface area (Å²) in [5.74, 6) is 0.629. The Kier molecular flexibility index (Phi) is 3.67. The van der Waals surface area contributed by atoms with Crippen LogP contribution in [0.2, 0.25) is 4.34 Å². The Bertz CT molecular complexity index is 473. The van der Waals surface area contributed by atoms with Crippen LogP contribution in [0.4, 0.5) is 0 Å². The van der Waals surface area contributed by atoms with Crippen LogP contribution in [0.15, 0.2) is 6.07 Å². The molecule has 1 aromatic rings. The lowest BCUT2D eigenvalue weighted by molar-refractivity contribution is -0.0986. The van der Waals surface area contributed by atoms with Gasteiger partial charge in [0.15, 0.2) is 0 Å². The highest BCUT2D eigenvalue weighted by Gasteiger charge is 2.46. The average Bonchev–Trinajstić information content (AvgIpc) is 2.70. The fourth-order valence-corrected chi connectivity index (χ4v) is 5.00. The smallest absolute Gasteiger partial charge is 0.106 e. The molecule has 4 heteroatoms. The molecule has 19 heavy (non-hydrogen) atoms. The van der Waals surface area contributed by atoms with Crippen LogP contribution in [0.1, 0.15) is 44.1 Å². The van der Waals surface area contributed by atoms with Gasteiger partial charge < -0.3 is 10.1 Å². The van der Waals surface area contributed by atoms with Crippen LogP contribution < -0.4 is 5.32 Å². The van der Waals surface area contributed by atoms with Crippen LogP contribution in [0.3, 0.4) is 0 Å². The minimum atomic E-state index is -0.0923. The molecule has 3 rings (SSSR count). The summed E-state index contributed by atoms with van der Waals surface area (Å²) < 4.78 is 7.21. The van der Waals surface area contributed by atoms with Crippen LogP contribution in [0.25, 0.3) is 0 Å². The first kappa shape index (κ1) is 13.9. The molecule has 1 fully saturated rings. The maximum absolute atomic E-state index is 6.31. The van der Waals surface area contributed by atoms with Gasteiger partial charge in [0, 0.05) is 17.0 Å². The molecule has 1 spiro atoms. The predicted octanol–water partition coefficient (Wildman–Crippen LogP) is 3.97. The number of piperidine rings is 1. The summed E-state index contributed by atoms with van der Waals surface area (Å²) in [6, 6.07) is 3.16. The van der Waals surface area contributed by atoms with E-state index in [1.165, 1.54) is 10.4 Å². The molecule has 1 N–H and O–H groups in total. The quantitative estimate of drug-likeness (QED) is 0.847. The zero-order valence-electron chi connectivity index (χ0n) is 11.8. The normalized spacial score (nSPS) is 34.8. The molecule has 106 valence electrons.